The first-order valence-corrected chi connectivity index (χ1v) is 25.5. The number of carboxylic acid groups (broad SMARTS) is 2. The van der Waals surface area contributed by atoms with Crippen molar-refractivity contribution >= 4 is 90.2 Å². The Balaban J connectivity index is 0.802. The van der Waals surface area contributed by atoms with Gasteiger partial charge in [0, 0.05) is 64.9 Å². The average Bonchev–Trinajstić information content (AvgIpc) is 3.83. The van der Waals surface area contributed by atoms with E-state index in [4.69, 9.17) is 9.84 Å². The second-order valence-corrected chi connectivity index (χ2v) is 21.9. The number of carboxylic acids is 2. The van der Waals surface area contributed by atoms with E-state index in [-0.39, 0.29) is 60.5 Å². The molecular formula is C50H51N7O11S2. The third-order valence-corrected chi connectivity index (χ3v) is 17.2. The van der Waals surface area contributed by atoms with Crippen LogP contribution in [0.5, 0.6) is 0 Å². The summed E-state index contributed by atoms with van der Waals surface area (Å²) in [4.78, 5) is 78.8. The lowest BCUT2D eigenvalue weighted by molar-refractivity contribution is -0.146. The van der Waals surface area contributed by atoms with Crippen LogP contribution in [0.2, 0.25) is 0 Å². The van der Waals surface area contributed by atoms with Crippen molar-refractivity contribution in [1.29, 1.82) is 5.26 Å². The molecule has 5 aliphatic heterocycles. The third kappa shape index (κ3) is 9.45. The maximum absolute atomic E-state index is 14.1. The Labute approximate surface area is 408 Å². The van der Waals surface area contributed by atoms with E-state index in [2.05, 4.69) is 16.0 Å². The summed E-state index contributed by atoms with van der Waals surface area (Å²) in [6.45, 7) is 4.18. The predicted molar refractivity (Wildman–Crippen MR) is 261 cm³/mol. The average molecular weight is 990 g/mol. The number of aliphatic carboxylic acids is 2. The van der Waals surface area contributed by atoms with Crippen LogP contribution in [0.3, 0.4) is 0 Å². The summed E-state index contributed by atoms with van der Waals surface area (Å²) in [5.41, 5.74) is 3.73. The molecule has 0 spiro atoms. The van der Waals surface area contributed by atoms with E-state index in [1.54, 1.807) is 53.4 Å². The highest BCUT2D eigenvalue weighted by molar-refractivity contribution is 8.09. The van der Waals surface area contributed by atoms with Crippen LogP contribution >= 0.6 is 11.8 Å². The van der Waals surface area contributed by atoms with Crippen molar-refractivity contribution in [3.05, 3.63) is 107 Å². The van der Waals surface area contributed by atoms with Crippen molar-refractivity contribution in [2.75, 3.05) is 41.8 Å². The van der Waals surface area contributed by atoms with Crippen molar-refractivity contribution < 1.29 is 52.1 Å². The highest BCUT2D eigenvalue weighted by atomic mass is 32.2. The van der Waals surface area contributed by atoms with E-state index in [0.29, 0.717) is 77.4 Å². The molecule has 3 saturated heterocycles. The second-order valence-electron chi connectivity index (χ2n) is 18.8. The van der Waals surface area contributed by atoms with Gasteiger partial charge in [0.05, 0.1) is 23.1 Å². The van der Waals surface area contributed by atoms with Crippen LogP contribution in [-0.4, -0.2) is 119 Å². The summed E-state index contributed by atoms with van der Waals surface area (Å²) in [7, 11) is -3.83. The molecule has 4 unspecified atom stereocenters. The van der Waals surface area contributed by atoms with Gasteiger partial charge in [0.1, 0.15) is 24.0 Å². The number of imide groups is 1. The fraction of sp³-hybridized carbons (Fsp3) is 0.380. The first kappa shape index (κ1) is 48.2. The number of hydrogen-bond acceptors (Lipinski definition) is 12. The van der Waals surface area contributed by atoms with Gasteiger partial charge in [-0.25, -0.2) is 18.0 Å². The summed E-state index contributed by atoms with van der Waals surface area (Å²) in [6.07, 6.45) is 1.47. The summed E-state index contributed by atoms with van der Waals surface area (Å²) >= 11 is 0.931. The molecule has 70 heavy (non-hydrogen) atoms. The van der Waals surface area contributed by atoms with Gasteiger partial charge in [-0.2, -0.15) is 9.57 Å². The number of anilines is 3. The summed E-state index contributed by atoms with van der Waals surface area (Å²) in [5.74, 6) is -3.78. The Hall–Kier alpha value is -6.79. The Morgan fingerprint density at radius 3 is 2.39 bits per heavy atom. The zero-order valence-corrected chi connectivity index (χ0v) is 40.0. The van der Waals surface area contributed by atoms with Crippen LogP contribution in [0, 0.1) is 11.3 Å². The number of urea groups is 1. The van der Waals surface area contributed by atoms with Gasteiger partial charge >= 0.3 is 18.0 Å². The van der Waals surface area contributed by atoms with Crippen LogP contribution in [0.15, 0.2) is 84.4 Å². The van der Waals surface area contributed by atoms with Gasteiger partial charge in [0.2, 0.25) is 21.8 Å². The standard InChI is InChI=1S/C50H51N7O11S2/c1-50(2)24-33(52-32-9-4-7-30(23-32)44-37(25-51)43(68-26-41(59)60)45(69-44)48(63)64)18-21-56(50)70(66,67)27-28-6-3-8-31(22-28)53-49(65)55-19-16-29(17-20-55)34-12-13-38-42-35(34)10-5-11-36(42)47(62)57(38)39-14-15-40(58)54-46(39)61/h3-13,22-23,29,33,39,43,45,52H,14-21,24,26-27H2,1-2H3,(H,53,65)(H,59,60)(H,63,64)(H,54,58,61). The van der Waals surface area contributed by atoms with Crippen LogP contribution < -0.4 is 20.9 Å². The number of amides is 5. The van der Waals surface area contributed by atoms with Gasteiger partial charge < -0.3 is 30.5 Å². The van der Waals surface area contributed by atoms with E-state index in [1.807, 2.05) is 50.2 Å². The fourth-order valence-electron chi connectivity index (χ4n) is 10.6. The number of likely N-dealkylation sites (tertiary alicyclic amines) is 1. The van der Waals surface area contributed by atoms with Crippen LogP contribution in [-0.2, 0) is 39.7 Å². The lowest BCUT2D eigenvalue weighted by atomic mass is 9.85. The van der Waals surface area contributed by atoms with Crippen LogP contribution in [0.4, 0.5) is 21.9 Å². The van der Waals surface area contributed by atoms with Gasteiger partial charge in [-0.1, -0.05) is 42.5 Å². The molecule has 3 fully saturated rings. The molecule has 364 valence electrons. The Morgan fingerprint density at radius 1 is 0.929 bits per heavy atom. The lowest BCUT2D eigenvalue weighted by Crippen LogP contribution is -2.55. The topological polar surface area (TPSA) is 256 Å². The maximum atomic E-state index is 14.1. The molecule has 18 nitrogen and oxygen atoms in total. The van der Waals surface area contributed by atoms with E-state index in [0.717, 1.165) is 28.1 Å². The van der Waals surface area contributed by atoms with Crippen molar-refractivity contribution in [2.24, 2.45) is 0 Å². The highest BCUT2D eigenvalue weighted by Crippen LogP contribution is 2.47. The molecule has 0 radical (unpaired) electrons. The summed E-state index contributed by atoms with van der Waals surface area (Å²) in [6, 6.07) is 24.2. The predicted octanol–water partition coefficient (Wildman–Crippen LogP) is 6.11. The number of nitrogens with one attached hydrogen (secondary N) is 3. The number of hydrogen-bond donors (Lipinski definition) is 5. The van der Waals surface area contributed by atoms with Crippen LogP contribution in [0.1, 0.15) is 85.3 Å². The first-order valence-electron chi connectivity index (χ1n) is 23.0. The van der Waals surface area contributed by atoms with Gasteiger partial charge in [-0.15, -0.1) is 11.8 Å². The van der Waals surface area contributed by atoms with Crippen molar-refractivity contribution in [3.63, 3.8) is 0 Å². The maximum Gasteiger partial charge on any atom is 0.329 e. The molecule has 5 aliphatic rings. The molecule has 4 atom stereocenters. The summed E-state index contributed by atoms with van der Waals surface area (Å²) in [5, 5.41) is 38.2. The van der Waals surface area contributed by atoms with Crippen molar-refractivity contribution in [1.82, 2.24) is 14.5 Å². The number of nitrogens with zero attached hydrogens (tertiary/aromatic N) is 4. The first-order chi connectivity index (χ1) is 33.4. The number of thioether (sulfide) groups is 1. The molecule has 0 bridgehead atoms. The van der Waals surface area contributed by atoms with Gasteiger partial charge in [0.15, 0.2) is 0 Å². The lowest BCUT2D eigenvalue weighted by Gasteiger charge is -2.45. The fourth-order valence-corrected chi connectivity index (χ4v) is 13.8. The molecule has 5 amide bonds. The van der Waals surface area contributed by atoms with E-state index < -0.39 is 57.4 Å². The van der Waals surface area contributed by atoms with Gasteiger partial charge in [-0.3, -0.25) is 29.4 Å². The number of carbonyl (C=O) groups is 6. The number of ether oxygens (including phenoxy) is 1. The zero-order chi connectivity index (χ0) is 49.6. The number of rotatable bonds is 13. The minimum atomic E-state index is -3.83. The molecule has 0 saturated carbocycles. The quantitative estimate of drug-likeness (QED) is 0.0949. The van der Waals surface area contributed by atoms with Gasteiger partial charge in [0.25, 0.3) is 5.91 Å². The van der Waals surface area contributed by atoms with Crippen molar-refractivity contribution in [3.8, 4) is 6.07 Å². The summed E-state index contributed by atoms with van der Waals surface area (Å²) < 4.78 is 35.1. The molecule has 5 heterocycles. The molecule has 5 N–H and O–H groups in total. The molecule has 20 heteroatoms. The third-order valence-electron chi connectivity index (χ3n) is 13.8. The number of carbonyl (C=O) groups excluding carboxylic acids is 4. The molecule has 4 aromatic carbocycles. The Kier molecular flexibility index (Phi) is 13.2. The second kappa shape index (κ2) is 19.2. The Bertz CT molecular complexity index is 3040. The monoisotopic (exact) mass is 989 g/mol. The minimum Gasteiger partial charge on any atom is -0.480 e. The van der Waals surface area contributed by atoms with Crippen LogP contribution in [0.25, 0.3) is 15.7 Å². The zero-order valence-electron chi connectivity index (χ0n) is 38.3. The van der Waals surface area contributed by atoms with Crippen molar-refractivity contribution in [2.45, 2.75) is 93.0 Å². The SMILES string of the molecule is CC1(C)CC(Nc2cccc(C3=C(C#N)C(OCC(=O)O)C(C(=O)O)S3)c2)CCN1S(=O)(=O)Cc1cccc(NC(=O)N2CCC(c3ccc4c5c(cccc35)C(=O)N4C3CCC(=O)NC3=O)CC2)c1. The van der Waals surface area contributed by atoms with Gasteiger partial charge in [-0.05, 0) is 110 Å². The molecular weight excluding hydrogens is 939 g/mol. The smallest absolute Gasteiger partial charge is 0.329 e. The number of sulfonamides is 1. The molecule has 0 aromatic heterocycles. The number of piperidine rings is 3. The normalized spacial score (nSPS) is 22.8. The number of nitriles is 1. The Morgan fingerprint density at radius 2 is 1.67 bits per heavy atom. The number of benzene rings is 4. The minimum absolute atomic E-state index is 0.0383. The molecule has 0 aliphatic carbocycles. The van der Waals surface area contributed by atoms with E-state index in [9.17, 15) is 47.6 Å². The molecule has 9 rings (SSSR count). The van der Waals surface area contributed by atoms with E-state index >= 15 is 0 Å². The molecule has 4 aromatic rings. The highest BCUT2D eigenvalue weighted by Gasteiger charge is 2.45. The van der Waals surface area contributed by atoms with E-state index in [1.165, 1.54) is 9.21 Å². The largest absolute Gasteiger partial charge is 0.480 e.